The van der Waals surface area contributed by atoms with E-state index in [1.165, 1.54) is 0 Å². The zero-order chi connectivity index (χ0) is 22.9. The van der Waals surface area contributed by atoms with Crippen molar-refractivity contribution in [2.24, 2.45) is 0 Å². The van der Waals surface area contributed by atoms with Crippen LogP contribution in [0.5, 0.6) is 11.5 Å². The minimum absolute atomic E-state index is 0.362. The molecule has 0 saturated heterocycles. The Hall–Kier alpha value is -2.78. The van der Waals surface area contributed by atoms with Gasteiger partial charge in [-0.1, -0.05) is 42.3 Å². The maximum Gasteiger partial charge on any atom is 0.430 e. The molecule has 0 amide bonds. The largest absolute Gasteiger partial charge is 0.430 e. The molecule has 1 aromatic heterocycles. The van der Waals surface area contributed by atoms with Gasteiger partial charge in [0.2, 0.25) is 0 Å². The fourth-order valence-electron chi connectivity index (χ4n) is 4.45. The molecule has 5 nitrogen and oxygen atoms in total. The fraction of sp³-hybridized carbons (Fsp3) is 0.346. The van der Waals surface area contributed by atoms with E-state index in [0.717, 1.165) is 39.1 Å². The summed E-state index contributed by atoms with van der Waals surface area (Å²) in [6.07, 6.45) is 4.68. The average molecular weight is 451 g/mol. The number of fused-ring (bicyclic) bond motifs is 2. The number of benzene rings is 2. The number of nitrogens with zero attached hydrogens (tertiary/aromatic N) is 2. The molecular weight excluding hydrogens is 419 g/mol. The van der Waals surface area contributed by atoms with Crippen LogP contribution in [-0.2, 0) is 17.7 Å². The summed E-state index contributed by atoms with van der Waals surface area (Å²) in [5.74, 6) is 1.33. The number of anilines is 1. The number of aromatic nitrogens is 1. The van der Waals surface area contributed by atoms with Crippen molar-refractivity contribution in [3.05, 3.63) is 82.2 Å². The monoisotopic (exact) mass is 450 g/mol. The molecule has 0 saturated carbocycles. The lowest BCUT2D eigenvalue weighted by Gasteiger charge is -2.32. The van der Waals surface area contributed by atoms with E-state index in [4.69, 9.17) is 9.05 Å². The summed E-state index contributed by atoms with van der Waals surface area (Å²) in [4.78, 5) is 6.48. The van der Waals surface area contributed by atoms with Crippen LogP contribution in [0.15, 0.2) is 48.8 Å². The van der Waals surface area contributed by atoms with Crippen LogP contribution in [0, 0.1) is 27.7 Å². The number of hydrogen-bond donors (Lipinski definition) is 0. The molecule has 2 heterocycles. The lowest BCUT2D eigenvalue weighted by atomic mass is 10.0. The first-order valence-corrected chi connectivity index (χ1v) is 12.8. The van der Waals surface area contributed by atoms with Gasteiger partial charge in [-0.3, -0.25) is 4.98 Å². The number of aryl methyl sites for hydroxylation is 4. The maximum atomic E-state index is 14.0. The van der Waals surface area contributed by atoms with Gasteiger partial charge >= 0.3 is 7.60 Å². The fourth-order valence-corrected chi connectivity index (χ4v) is 6.29. The molecule has 0 bridgehead atoms. The maximum absolute atomic E-state index is 14.0. The lowest BCUT2D eigenvalue weighted by Crippen LogP contribution is -2.24. The minimum atomic E-state index is -3.40. The zero-order valence-electron chi connectivity index (χ0n) is 19.5. The highest BCUT2D eigenvalue weighted by molar-refractivity contribution is 7.54. The molecule has 0 fully saturated rings. The molecule has 32 heavy (non-hydrogen) atoms. The molecule has 1 aliphatic heterocycles. The first-order chi connectivity index (χ1) is 15.3. The van der Waals surface area contributed by atoms with Gasteiger partial charge in [-0.25, -0.2) is 4.57 Å². The number of pyridine rings is 1. The van der Waals surface area contributed by atoms with E-state index in [-0.39, 0.29) is 0 Å². The molecule has 168 valence electrons. The Bertz CT molecular complexity index is 1110. The first kappa shape index (κ1) is 22.4. The molecule has 4 rings (SSSR count). The van der Waals surface area contributed by atoms with Gasteiger partial charge < -0.3 is 13.9 Å². The van der Waals surface area contributed by atoms with Crippen LogP contribution >= 0.6 is 7.60 Å². The van der Waals surface area contributed by atoms with Crippen molar-refractivity contribution in [3.8, 4) is 11.5 Å². The Kier molecular flexibility index (Phi) is 6.30. The van der Waals surface area contributed by atoms with Crippen molar-refractivity contribution >= 4 is 13.3 Å². The summed E-state index contributed by atoms with van der Waals surface area (Å²) in [6.45, 7) is 11.4. The summed E-state index contributed by atoms with van der Waals surface area (Å²) in [6, 6.07) is 12.4. The third-order valence-corrected chi connectivity index (χ3v) is 7.62. The quantitative estimate of drug-likeness (QED) is 0.407. The molecule has 2 aromatic carbocycles. The molecule has 0 N–H and O–H groups in total. The Labute approximate surface area is 190 Å². The van der Waals surface area contributed by atoms with Crippen LogP contribution in [0.3, 0.4) is 0 Å². The second-order valence-electron chi connectivity index (χ2n) is 8.72. The summed E-state index contributed by atoms with van der Waals surface area (Å²) in [5, 5.41) is 0. The second kappa shape index (κ2) is 8.99. The lowest BCUT2D eigenvalue weighted by molar-refractivity contribution is 0.377. The molecule has 1 aliphatic rings. The SMILES string of the molecule is CCCP1(=O)Oc2c(C)cc(C)cc2CN(c2ccncc2)Cc2cc(C)cc(C)c2O1. The van der Waals surface area contributed by atoms with Crippen molar-refractivity contribution in [2.75, 3.05) is 11.1 Å². The summed E-state index contributed by atoms with van der Waals surface area (Å²) < 4.78 is 26.6. The predicted molar refractivity (Wildman–Crippen MR) is 130 cm³/mol. The van der Waals surface area contributed by atoms with Crippen molar-refractivity contribution < 1.29 is 13.6 Å². The van der Waals surface area contributed by atoms with Crippen molar-refractivity contribution in [2.45, 2.75) is 54.1 Å². The Balaban J connectivity index is 1.93. The smallest absolute Gasteiger partial charge is 0.415 e. The van der Waals surface area contributed by atoms with Crippen molar-refractivity contribution in [1.82, 2.24) is 4.98 Å². The van der Waals surface area contributed by atoms with E-state index in [2.05, 4.69) is 48.0 Å². The van der Waals surface area contributed by atoms with Gasteiger partial charge in [0.1, 0.15) is 11.5 Å². The highest BCUT2D eigenvalue weighted by Crippen LogP contribution is 2.53. The van der Waals surface area contributed by atoms with Gasteiger partial charge in [-0.05, 0) is 57.4 Å². The highest BCUT2D eigenvalue weighted by atomic mass is 31.2. The Morgan fingerprint density at radius 1 is 0.875 bits per heavy atom. The first-order valence-electron chi connectivity index (χ1n) is 11.1. The molecular formula is C26H31N2O3P. The highest BCUT2D eigenvalue weighted by Gasteiger charge is 2.32. The van der Waals surface area contributed by atoms with Crippen molar-refractivity contribution in [1.29, 1.82) is 0 Å². The predicted octanol–water partition coefficient (Wildman–Crippen LogP) is 6.90. The van der Waals surface area contributed by atoms with E-state index in [1.807, 2.05) is 32.9 Å². The standard InChI is InChI=1S/C26H31N2O3P/c1-6-11-32(29)30-25-20(4)12-18(2)14-22(25)16-28(24-7-9-27-10-8-24)17-23-15-19(3)13-21(5)26(23)31-32/h7-10,12-15H,6,11,16-17H2,1-5H3. The van der Waals surface area contributed by atoms with E-state index >= 15 is 0 Å². The third kappa shape index (κ3) is 4.68. The summed E-state index contributed by atoms with van der Waals surface area (Å²) >= 11 is 0. The van der Waals surface area contributed by atoms with E-state index in [1.54, 1.807) is 12.4 Å². The van der Waals surface area contributed by atoms with E-state index in [0.29, 0.717) is 37.2 Å². The number of rotatable bonds is 3. The van der Waals surface area contributed by atoms with Crippen LogP contribution in [0.2, 0.25) is 0 Å². The van der Waals surface area contributed by atoms with Gasteiger partial charge in [0, 0.05) is 42.3 Å². The normalized spacial score (nSPS) is 15.2. The van der Waals surface area contributed by atoms with Crippen LogP contribution in [0.25, 0.3) is 0 Å². The van der Waals surface area contributed by atoms with Crippen LogP contribution in [-0.4, -0.2) is 11.1 Å². The molecule has 3 aromatic rings. The van der Waals surface area contributed by atoms with Gasteiger partial charge in [0.15, 0.2) is 0 Å². The summed E-state index contributed by atoms with van der Waals surface area (Å²) in [7, 11) is -3.40. The zero-order valence-corrected chi connectivity index (χ0v) is 20.4. The molecule has 0 unspecified atom stereocenters. The van der Waals surface area contributed by atoms with Gasteiger partial charge in [0.05, 0.1) is 6.16 Å². The van der Waals surface area contributed by atoms with Crippen LogP contribution in [0.1, 0.15) is 46.7 Å². The van der Waals surface area contributed by atoms with Crippen molar-refractivity contribution in [3.63, 3.8) is 0 Å². The Morgan fingerprint density at radius 3 is 1.84 bits per heavy atom. The minimum Gasteiger partial charge on any atom is -0.415 e. The van der Waals surface area contributed by atoms with Crippen LogP contribution < -0.4 is 13.9 Å². The molecule has 0 atom stereocenters. The summed E-state index contributed by atoms with van der Waals surface area (Å²) in [5.41, 5.74) is 7.31. The van der Waals surface area contributed by atoms with Gasteiger partial charge in [-0.15, -0.1) is 0 Å². The van der Waals surface area contributed by atoms with E-state index in [9.17, 15) is 4.57 Å². The third-order valence-electron chi connectivity index (χ3n) is 5.70. The molecule has 6 heteroatoms. The van der Waals surface area contributed by atoms with Gasteiger partial charge in [-0.2, -0.15) is 0 Å². The number of hydrogen-bond acceptors (Lipinski definition) is 5. The molecule has 0 spiro atoms. The van der Waals surface area contributed by atoms with Gasteiger partial charge in [0.25, 0.3) is 0 Å². The average Bonchev–Trinajstić information content (AvgIpc) is 2.73. The Morgan fingerprint density at radius 2 is 1.38 bits per heavy atom. The topological polar surface area (TPSA) is 51.7 Å². The molecule has 0 radical (unpaired) electrons. The molecule has 0 aliphatic carbocycles. The van der Waals surface area contributed by atoms with E-state index < -0.39 is 7.60 Å². The second-order valence-corrected chi connectivity index (χ2v) is 10.8. The van der Waals surface area contributed by atoms with Crippen LogP contribution in [0.4, 0.5) is 5.69 Å².